The van der Waals surface area contributed by atoms with Gasteiger partial charge in [-0.2, -0.15) is 0 Å². The van der Waals surface area contributed by atoms with Gasteiger partial charge in [0.1, 0.15) is 11.2 Å². The average Bonchev–Trinajstić information content (AvgIpc) is 3.82. The number of hydrogen-bond donors (Lipinski definition) is 0. The Morgan fingerprint density at radius 1 is 0.321 bits per heavy atom. The van der Waals surface area contributed by atoms with E-state index in [0.717, 1.165) is 77.2 Å². The third kappa shape index (κ3) is 5.37. The van der Waals surface area contributed by atoms with Crippen LogP contribution in [0, 0.1) is 0 Å². The Hall–Kier alpha value is -7.63. The first-order valence-electron chi connectivity index (χ1n) is 18.8. The lowest BCUT2D eigenvalue weighted by atomic mass is 10.0. The van der Waals surface area contributed by atoms with Gasteiger partial charge in [-0.05, 0) is 52.6 Å². The summed E-state index contributed by atoms with van der Waals surface area (Å²) in [6, 6.07) is 67.5. The molecular formula is C51H32N4O. The minimum absolute atomic E-state index is 0.608. The summed E-state index contributed by atoms with van der Waals surface area (Å²) in [6.45, 7) is 0. The van der Waals surface area contributed by atoms with Crippen molar-refractivity contribution in [2.75, 3.05) is 0 Å². The smallest absolute Gasteiger partial charge is 0.164 e. The highest BCUT2D eigenvalue weighted by atomic mass is 16.3. The predicted molar refractivity (Wildman–Crippen MR) is 229 cm³/mol. The van der Waals surface area contributed by atoms with Gasteiger partial charge in [-0.3, -0.25) is 0 Å². The van der Waals surface area contributed by atoms with Crippen molar-refractivity contribution in [1.29, 1.82) is 0 Å². The summed E-state index contributed by atoms with van der Waals surface area (Å²) in [5, 5.41) is 4.46. The van der Waals surface area contributed by atoms with E-state index in [0.29, 0.717) is 17.5 Å². The second-order valence-corrected chi connectivity index (χ2v) is 14.0. The van der Waals surface area contributed by atoms with E-state index in [9.17, 15) is 0 Å². The van der Waals surface area contributed by atoms with Gasteiger partial charge >= 0.3 is 0 Å². The summed E-state index contributed by atoms with van der Waals surface area (Å²) in [6.07, 6.45) is 0. The monoisotopic (exact) mass is 716 g/mol. The molecule has 0 aliphatic heterocycles. The van der Waals surface area contributed by atoms with Gasteiger partial charge < -0.3 is 8.98 Å². The second-order valence-electron chi connectivity index (χ2n) is 14.0. The Morgan fingerprint density at radius 2 is 0.768 bits per heavy atom. The first-order chi connectivity index (χ1) is 27.7. The summed E-state index contributed by atoms with van der Waals surface area (Å²) in [7, 11) is 0. The van der Waals surface area contributed by atoms with Crippen molar-refractivity contribution in [3.05, 3.63) is 194 Å². The molecule has 0 atom stereocenters. The molecule has 0 saturated carbocycles. The average molecular weight is 717 g/mol. The molecule has 0 aliphatic carbocycles. The molecule has 5 nitrogen and oxygen atoms in total. The van der Waals surface area contributed by atoms with E-state index >= 15 is 0 Å². The lowest BCUT2D eigenvalue weighted by molar-refractivity contribution is 0.669. The maximum atomic E-state index is 6.40. The largest absolute Gasteiger partial charge is 0.456 e. The Morgan fingerprint density at radius 3 is 1.43 bits per heavy atom. The lowest BCUT2D eigenvalue weighted by Crippen LogP contribution is -2.00. The minimum Gasteiger partial charge on any atom is -0.456 e. The highest BCUT2D eigenvalue weighted by Gasteiger charge is 2.20. The zero-order valence-electron chi connectivity index (χ0n) is 30.2. The molecule has 8 aromatic carbocycles. The van der Waals surface area contributed by atoms with Gasteiger partial charge in [-0.25, -0.2) is 15.0 Å². The molecule has 0 unspecified atom stereocenters. The van der Waals surface area contributed by atoms with Crippen LogP contribution in [-0.2, 0) is 0 Å². The van der Waals surface area contributed by atoms with Crippen molar-refractivity contribution in [3.63, 3.8) is 0 Å². The minimum atomic E-state index is 0.608. The van der Waals surface area contributed by atoms with Crippen molar-refractivity contribution in [2.45, 2.75) is 0 Å². The molecule has 0 aliphatic rings. The van der Waals surface area contributed by atoms with Crippen LogP contribution in [0.3, 0.4) is 0 Å². The standard InChI is InChI=1S/C51H32N4O/c1-4-13-33(14-5-1)35-23-25-37(26-24-35)50-52-49(36-17-8-3-9-18-36)53-51(54-50)39-28-30-41-40-29-27-38(34-15-6-2-7-16-34)31-44(40)55(45(41)32-39)43-20-12-22-47-48(43)42-19-10-11-21-46(42)56-47/h1-32H. The van der Waals surface area contributed by atoms with E-state index in [1.54, 1.807) is 0 Å². The van der Waals surface area contributed by atoms with Crippen LogP contribution in [0.4, 0.5) is 0 Å². The molecule has 0 fully saturated rings. The van der Waals surface area contributed by atoms with Crippen molar-refractivity contribution < 1.29 is 4.42 Å². The van der Waals surface area contributed by atoms with Gasteiger partial charge in [0, 0.05) is 32.8 Å². The van der Waals surface area contributed by atoms with Crippen LogP contribution in [0.2, 0.25) is 0 Å². The second kappa shape index (κ2) is 13.0. The summed E-state index contributed by atoms with van der Waals surface area (Å²) in [5.74, 6) is 1.85. The van der Waals surface area contributed by atoms with Crippen molar-refractivity contribution in [1.82, 2.24) is 19.5 Å². The van der Waals surface area contributed by atoms with Gasteiger partial charge in [0.05, 0.1) is 22.1 Å². The Labute approximate surface area is 322 Å². The van der Waals surface area contributed by atoms with E-state index in [1.165, 1.54) is 11.1 Å². The summed E-state index contributed by atoms with van der Waals surface area (Å²) in [5.41, 5.74) is 12.3. The van der Waals surface area contributed by atoms with Crippen molar-refractivity contribution in [3.8, 4) is 62.1 Å². The van der Waals surface area contributed by atoms with E-state index in [2.05, 4.69) is 150 Å². The third-order valence-electron chi connectivity index (χ3n) is 10.7. The van der Waals surface area contributed by atoms with Crippen LogP contribution in [0.15, 0.2) is 199 Å². The van der Waals surface area contributed by atoms with E-state index in [4.69, 9.17) is 19.4 Å². The Balaban J connectivity index is 1.15. The fourth-order valence-electron chi connectivity index (χ4n) is 7.96. The quantitative estimate of drug-likeness (QED) is 0.172. The predicted octanol–water partition coefficient (Wildman–Crippen LogP) is 13.2. The maximum absolute atomic E-state index is 6.40. The summed E-state index contributed by atoms with van der Waals surface area (Å²) >= 11 is 0. The number of para-hydroxylation sites is 1. The molecule has 3 heterocycles. The van der Waals surface area contributed by atoms with E-state index in [-0.39, 0.29) is 0 Å². The van der Waals surface area contributed by atoms with Crippen LogP contribution in [0.25, 0.3) is 106 Å². The first kappa shape index (κ1) is 31.9. The highest BCUT2D eigenvalue weighted by Crippen LogP contribution is 2.41. The zero-order chi connectivity index (χ0) is 37.0. The van der Waals surface area contributed by atoms with Gasteiger partial charge in [0.2, 0.25) is 0 Å². The van der Waals surface area contributed by atoms with Gasteiger partial charge in [0.15, 0.2) is 17.5 Å². The lowest BCUT2D eigenvalue weighted by Gasteiger charge is -2.12. The van der Waals surface area contributed by atoms with Gasteiger partial charge in [-0.15, -0.1) is 0 Å². The summed E-state index contributed by atoms with van der Waals surface area (Å²) < 4.78 is 8.79. The first-order valence-corrected chi connectivity index (χ1v) is 18.8. The number of nitrogens with zero attached hydrogens (tertiary/aromatic N) is 4. The van der Waals surface area contributed by atoms with E-state index in [1.807, 2.05) is 48.5 Å². The molecule has 11 aromatic rings. The van der Waals surface area contributed by atoms with Gasteiger partial charge in [0.25, 0.3) is 0 Å². The number of aromatic nitrogens is 4. The molecule has 0 amide bonds. The molecule has 3 aromatic heterocycles. The molecule has 0 spiro atoms. The Bertz CT molecular complexity index is 3220. The maximum Gasteiger partial charge on any atom is 0.164 e. The highest BCUT2D eigenvalue weighted by molar-refractivity contribution is 6.15. The fourth-order valence-corrected chi connectivity index (χ4v) is 7.96. The number of hydrogen-bond acceptors (Lipinski definition) is 4. The molecule has 0 bridgehead atoms. The van der Waals surface area contributed by atoms with Crippen molar-refractivity contribution >= 4 is 43.7 Å². The van der Waals surface area contributed by atoms with Crippen LogP contribution in [0.5, 0.6) is 0 Å². The molecule has 5 heteroatoms. The van der Waals surface area contributed by atoms with Crippen LogP contribution in [0.1, 0.15) is 0 Å². The van der Waals surface area contributed by atoms with Gasteiger partial charge in [-0.1, -0.05) is 164 Å². The zero-order valence-corrected chi connectivity index (χ0v) is 30.2. The molecule has 0 N–H and O–H groups in total. The normalized spacial score (nSPS) is 11.6. The number of furan rings is 1. The van der Waals surface area contributed by atoms with Crippen LogP contribution in [-0.4, -0.2) is 19.5 Å². The molecule has 11 rings (SSSR count). The number of fused-ring (bicyclic) bond motifs is 6. The number of benzene rings is 8. The Kier molecular flexibility index (Phi) is 7.42. The molecule has 262 valence electrons. The van der Waals surface area contributed by atoms with Crippen LogP contribution < -0.4 is 0 Å². The molecule has 0 saturated heterocycles. The molecule has 0 radical (unpaired) electrons. The van der Waals surface area contributed by atoms with E-state index < -0.39 is 0 Å². The third-order valence-corrected chi connectivity index (χ3v) is 10.7. The summed E-state index contributed by atoms with van der Waals surface area (Å²) in [4.78, 5) is 15.3. The molecule has 56 heavy (non-hydrogen) atoms. The fraction of sp³-hybridized carbons (Fsp3) is 0. The topological polar surface area (TPSA) is 56.7 Å². The van der Waals surface area contributed by atoms with Crippen molar-refractivity contribution in [2.24, 2.45) is 0 Å². The SMILES string of the molecule is c1ccc(-c2ccc(-c3nc(-c4ccccc4)nc(-c4ccc5c6ccc(-c7ccccc7)cc6n(-c6cccc7oc8ccccc8c67)c5c4)n3)cc2)cc1. The molecular weight excluding hydrogens is 685 g/mol. The number of rotatable bonds is 6. The van der Waals surface area contributed by atoms with Crippen LogP contribution >= 0.6 is 0 Å².